The number of anilines is 1. The highest BCUT2D eigenvalue weighted by Gasteiger charge is 2.20. The molecule has 0 fully saturated rings. The fourth-order valence-corrected chi connectivity index (χ4v) is 3.63. The highest BCUT2D eigenvalue weighted by atomic mass is 32.2. The zero-order chi connectivity index (χ0) is 20.5. The number of aromatic nitrogens is 3. The van der Waals surface area contributed by atoms with E-state index in [9.17, 15) is 17.4 Å². The molecule has 0 spiro atoms. The van der Waals surface area contributed by atoms with Crippen molar-refractivity contribution in [1.29, 1.82) is 0 Å². The molecule has 0 radical (unpaired) electrons. The molecule has 0 saturated carbocycles. The number of nitrogens with one attached hydrogen (secondary N) is 1. The minimum Gasteiger partial charge on any atom is -0.496 e. The molecule has 0 aliphatic heterocycles. The molecule has 0 amide bonds. The number of methoxy groups -OCH3 is 1. The van der Waals surface area contributed by atoms with Crippen LogP contribution in [0.1, 0.15) is 5.56 Å². The predicted molar refractivity (Wildman–Crippen MR) is 98.2 cm³/mol. The molecule has 1 N–H and O–H groups in total. The molecule has 2 heterocycles. The van der Waals surface area contributed by atoms with Crippen LogP contribution in [0, 0.1) is 17.5 Å². The minimum atomic E-state index is -2.13. The standard InChI is InChI=1S/C18H13F3N4O3S/c1-27-14-5-10(9-25-4-2-3-22-25)6-15-16(14)18(23-28-15)24-29(26)11-7-12(19)17(21)13(20)8-11/h2-8H,9H2,1H3,(H,23,24). The monoisotopic (exact) mass is 422 g/mol. The Morgan fingerprint density at radius 2 is 1.97 bits per heavy atom. The van der Waals surface area contributed by atoms with Crippen molar-refractivity contribution in [1.82, 2.24) is 14.9 Å². The number of ether oxygens (including phenoxy) is 1. The van der Waals surface area contributed by atoms with E-state index in [0.717, 1.165) is 5.56 Å². The third-order valence-corrected chi connectivity index (χ3v) is 5.12. The van der Waals surface area contributed by atoms with E-state index >= 15 is 0 Å². The van der Waals surface area contributed by atoms with Crippen LogP contribution in [0.15, 0.2) is 52.1 Å². The Morgan fingerprint density at radius 3 is 2.62 bits per heavy atom. The molecule has 0 aliphatic carbocycles. The van der Waals surface area contributed by atoms with E-state index in [4.69, 9.17) is 9.26 Å². The maximum atomic E-state index is 13.4. The van der Waals surface area contributed by atoms with Gasteiger partial charge in [0, 0.05) is 12.4 Å². The third-order valence-electron chi connectivity index (χ3n) is 4.08. The minimum absolute atomic E-state index is 0.0472. The smallest absolute Gasteiger partial charge is 0.194 e. The van der Waals surface area contributed by atoms with Gasteiger partial charge >= 0.3 is 0 Å². The van der Waals surface area contributed by atoms with Gasteiger partial charge in [-0.05, 0) is 35.9 Å². The van der Waals surface area contributed by atoms with E-state index in [-0.39, 0.29) is 10.7 Å². The SMILES string of the molecule is COc1cc(Cn2cccn2)cc2onc(NS(=O)c3cc(F)c(F)c(F)c3)c12. The molecule has 2 aromatic carbocycles. The molecule has 4 aromatic rings. The Hall–Kier alpha value is -3.34. The molecule has 4 rings (SSSR count). The summed E-state index contributed by atoms with van der Waals surface area (Å²) in [5.41, 5.74) is 1.17. The van der Waals surface area contributed by atoms with Crippen LogP contribution in [0.2, 0.25) is 0 Å². The second kappa shape index (κ2) is 7.59. The molecule has 7 nitrogen and oxygen atoms in total. The largest absolute Gasteiger partial charge is 0.496 e. The van der Waals surface area contributed by atoms with Crippen LogP contribution in [-0.2, 0) is 17.5 Å². The normalized spacial score (nSPS) is 12.3. The predicted octanol–water partition coefficient (Wildman–Crippen LogP) is 3.63. The molecule has 2 aromatic heterocycles. The fraction of sp³-hybridized carbons (Fsp3) is 0.111. The number of rotatable bonds is 6. The van der Waals surface area contributed by atoms with Gasteiger partial charge in [-0.2, -0.15) is 5.10 Å². The Morgan fingerprint density at radius 1 is 1.21 bits per heavy atom. The zero-order valence-electron chi connectivity index (χ0n) is 14.9. The Labute approximate surface area is 164 Å². The molecule has 150 valence electrons. The molecular formula is C18H13F3N4O3S. The fourth-order valence-electron chi connectivity index (χ4n) is 2.78. The van der Waals surface area contributed by atoms with Crippen molar-refractivity contribution in [2.75, 3.05) is 11.8 Å². The quantitative estimate of drug-likeness (QED) is 0.480. The summed E-state index contributed by atoms with van der Waals surface area (Å²) in [6.45, 7) is 0.461. The summed E-state index contributed by atoms with van der Waals surface area (Å²) in [7, 11) is -0.679. The number of hydrogen-bond acceptors (Lipinski definition) is 5. The van der Waals surface area contributed by atoms with Crippen molar-refractivity contribution in [2.24, 2.45) is 0 Å². The van der Waals surface area contributed by atoms with Crippen LogP contribution in [0.5, 0.6) is 5.75 Å². The van der Waals surface area contributed by atoms with Gasteiger partial charge in [0.1, 0.15) is 11.1 Å². The van der Waals surface area contributed by atoms with Crippen molar-refractivity contribution in [3.05, 3.63) is 65.7 Å². The first kappa shape index (κ1) is 19.0. The average molecular weight is 422 g/mol. The molecule has 29 heavy (non-hydrogen) atoms. The molecule has 0 bridgehead atoms. The van der Waals surface area contributed by atoms with Crippen LogP contribution in [0.3, 0.4) is 0 Å². The van der Waals surface area contributed by atoms with Gasteiger partial charge in [-0.3, -0.25) is 9.40 Å². The van der Waals surface area contributed by atoms with Crippen LogP contribution in [0.25, 0.3) is 11.0 Å². The maximum absolute atomic E-state index is 13.4. The second-order valence-electron chi connectivity index (χ2n) is 5.98. The average Bonchev–Trinajstić information content (AvgIpc) is 3.35. The highest BCUT2D eigenvalue weighted by Crippen LogP contribution is 2.34. The molecule has 0 aliphatic rings. The Bertz CT molecular complexity index is 1190. The summed E-state index contributed by atoms with van der Waals surface area (Å²) in [5, 5.41) is 8.36. The van der Waals surface area contributed by atoms with Gasteiger partial charge in [0.2, 0.25) is 0 Å². The number of benzene rings is 2. The van der Waals surface area contributed by atoms with Crippen molar-refractivity contribution >= 4 is 27.8 Å². The van der Waals surface area contributed by atoms with Crippen molar-refractivity contribution in [3.8, 4) is 5.75 Å². The van der Waals surface area contributed by atoms with Crippen molar-refractivity contribution in [2.45, 2.75) is 11.4 Å². The van der Waals surface area contributed by atoms with Gasteiger partial charge in [0.25, 0.3) is 0 Å². The lowest BCUT2D eigenvalue weighted by Gasteiger charge is -2.08. The summed E-state index contributed by atoms with van der Waals surface area (Å²) in [4.78, 5) is -0.299. The summed E-state index contributed by atoms with van der Waals surface area (Å²) in [5.74, 6) is -4.08. The van der Waals surface area contributed by atoms with E-state index < -0.39 is 28.4 Å². The summed E-state index contributed by atoms with van der Waals surface area (Å²) >= 11 is 0. The van der Waals surface area contributed by atoms with Gasteiger partial charge in [-0.15, -0.1) is 0 Å². The van der Waals surface area contributed by atoms with E-state index in [2.05, 4.69) is 15.0 Å². The number of nitrogens with zero attached hydrogens (tertiary/aromatic N) is 3. The molecule has 11 heteroatoms. The van der Waals surface area contributed by atoms with Crippen LogP contribution in [0.4, 0.5) is 19.0 Å². The van der Waals surface area contributed by atoms with E-state index in [1.54, 1.807) is 35.3 Å². The van der Waals surface area contributed by atoms with E-state index in [1.807, 2.05) is 0 Å². The van der Waals surface area contributed by atoms with Crippen molar-refractivity contribution < 1.29 is 26.6 Å². The van der Waals surface area contributed by atoms with Gasteiger partial charge in [-0.25, -0.2) is 17.4 Å². The van der Waals surface area contributed by atoms with Crippen LogP contribution in [-0.4, -0.2) is 26.3 Å². The van der Waals surface area contributed by atoms with Gasteiger partial charge in [0.15, 0.2) is 39.8 Å². The van der Waals surface area contributed by atoms with Gasteiger partial charge < -0.3 is 9.26 Å². The summed E-state index contributed by atoms with van der Waals surface area (Å²) in [6.07, 6.45) is 3.46. The Balaban J connectivity index is 1.67. The third kappa shape index (κ3) is 3.68. The number of fused-ring (bicyclic) bond motifs is 1. The topological polar surface area (TPSA) is 82.2 Å². The molecule has 1 atom stereocenters. The van der Waals surface area contributed by atoms with E-state index in [1.165, 1.54) is 7.11 Å². The van der Waals surface area contributed by atoms with Crippen molar-refractivity contribution in [3.63, 3.8) is 0 Å². The molecular weight excluding hydrogens is 409 g/mol. The molecule has 0 saturated heterocycles. The molecule has 1 unspecified atom stereocenters. The van der Waals surface area contributed by atoms with Crippen LogP contribution >= 0.6 is 0 Å². The van der Waals surface area contributed by atoms with E-state index in [0.29, 0.717) is 35.4 Å². The number of halogens is 3. The first-order valence-corrected chi connectivity index (χ1v) is 9.38. The highest BCUT2D eigenvalue weighted by molar-refractivity contribution is 7.86. The lowest BCUT2D eigenvalue weighted by atomic mass is 10.1. The lowest BCUT2D eigenvalue weighted by molar-refractivity contribution is 0.418. The second-order valence-corrected chi connectivity index (χ2v) is 7.19. The zero-order valence-corrected chi connectivity index (χ0v) is 15.7. The summed E-state index contributed by atoms with van der Waals surface area (Å²) in [6, 6.07) is 6.54. The summed E-state index contributed by atoms with van der Waals surface area (Å²) < 4.78 is 67.3. The van der Waals surface area contributed by atoms with Crippen LogP contribution < -0.4 is 9.46 Å². The number of hydrogen-bond donors (Lipinski definition) is 1. The first-order valence-electron chi connectivity index (χ1n) is 8.23. The van der Waals surface area contributed by atoms with Gasteiger partial charge in [0.05, 0.1) is 18.6 Å². The van der Waals surface area contributed by atoms with Gasteiger partial charge in [-0.1, -0.05) is 5.16 Å². The lowest BCUT2D eigenvalue weighted by Crippen LogP contribution is -2.07. The maximum Gasteiger partial charge on any atom is 0.194 e. The first-order chi connectivity index (χ1) is 14.0. The Kier molecular flexibility index (Phi) is 4.97.